The minimum absolute atomic E-state index is 0. The van der Waals surface area contributed by atoms with Gasteiger partial charge in [-0.15, -0.1) is 23.7 Å². The highest BCUT2D eigenvalue weighted by Crippen LogP contribution is 2.31. The molecule has 1 aromatic heterocycles. The number of aryl methyl sites for hydroxylation is 1. The predicted octanol–water partition coefficient (Wildman–Crippen LogP) is 3.75. The van der Waals surface area contributed by atoms with Gasteiger partial charge in [0.15, 0.2) is 0 Å². The average molecular weight is 343 g/mol. The van der Waals surface area contributed by atoms with Gasteiger partial charge in [0.1, 0.15) is 5.82 Å². The van der Waals surface area contributed by atoms with Crippen molar-refractivity contribution in [2.75, 3.05) is 13.1 Å². The van der Waals surface area contributed by atoms with Crippen molar-refractivity contribution in [3.8, 4) is 11.1 Å². The van der Waals surface area contributed by atoms with Gasteiger partial charge in [0.05, 0.1) is 4.88 Å². The van der Waals surface area contributed by atoms with Gasteiger partial charge < -0.3 is 11.1 Å². The summed E-state index contributed by atoms with van der Waals surface area (Å²) in [6.45, 7) is 3.25. The van der Waals surface area contributed by atoms with E-state index >= 15 is 0 Å². The molecular formula is C16H20ClFN2OS. The fraction of sp³-hybridized carbons (Fsp3) is 0.312. The van der Waals surface area contributed by atoms with Crippen LogP contribution in [0.15, 0.2) is 30.3 Å². The summed E-state index contributed by atoms with van der Waals surface area (Å²) in [4.78, 5) is 13.8. The van der Waals surface area contributed by atoms with Crippen LogP contribution in [0.5, 0.6) is 0 Å². The maximum atomic E-state index is 13.0. The number of halogens is 2. The number of thiophene rings is 1. The molecule has 0 unspecified atom stereocenters. The molecule has 2 aromatic rings. The number of amides is 1. The highest BCUT2D eigenvalue weighted by Gasteiger charge is 2.13. The molecular weight excluding hydrogens is 323 g/mol. The number of benzene rings is 1. The summed E-state index contributed by atoms with van der Waals surface area (Å²) in [6.07, 6.45) is 1.79. The molecule has 0 fully saturated rings. The van der Waals surface area contributed by atoms with Crippen molar-refractivity contribution >= 4 is 29.7 Å². The highest BCUT2D eigenvalue weighted by atomic mass is 35.5. The topological polar surface area (TPSA) is 55.1 Å². The van der Waals surface area contributed by atoms with E-state index in [1.807, 2.05) is 13.0 Å². The summed E-state index contributed by atoms with van der Waals surface area (Å²) in [7, 11) is 0. The first-order valence-corrected chi connectivity index (χ1v) is 7.78. The lowest BCUT2D eigenvalue weighted by molar-refractivity contribution is 0.0957. The summed E-state index contributed by atoms with van der Waals surface area (Å²) in [5.74, 6) is -0.321. The summed E-state index contributed by atoms with van der Waals surface area (Å²) in [5.41, 5.74) is 7.32. The Balaban J connectivity index is 0.00000242. The number of unbranched alkanes of at least 4 members (excludes halogenated alkanes) is 1. The molecule has 0 aliphatic carbocycles. The number of carbonyl (C=O) groups excluding carboxylic acids is 1. The largest absolute Gasteiger partial charge is 0.351 e. The van der Waals surface area contributed by atoms with Crippen molar-refractivity contribution in [1.29, 1.82) is 0 Å². The second-order valence-corrected chi connectivity index (χ2v) is 6.10. The summed E-state index contributed by atoms with van der Waals surface area (Å²) >= 11 is 1.45. The van der Waals surface area contributed by atoms with Gasteiger partial charge in [0, 0.05) is 11.4 Å². The van der Waals surface area contributed by atoms with Crippen molar-refractivity contribution in [2.24, 2.45) is 5.73 Å². The van der Waals surface area contributed by atoms with Crippen LogP contribution in [0.1, 0.15) is 27.4 Å². The Morgan fingerprint density at radius 3 is 2.59 bits per heavy atom. The zero-order valence-electron chi connectivity index (χ0n) is 12.4. The third-order valence-electron chi connectivity index (χ3n) is 3.21. The third kappa shape index (κ3) is 4.80. The van der Waals surface area contributed by atoms with Crippen molar-refractivity contribution in [1.82, 2.24) is 5.32 Å². The molecule has 0 spiro atoms. The summed E-state index contributed by atoms with van der Waals surface area (Å²) in [5, 5.41) is 2.89. The second kappa shape index (κ2) is 8.88. The first-order chi connectivity index (χ1) is 10.1. The minimum Gasteiger partial charge on any atom is -0.351 e. The van der Waals surface area contributed by atoms with Crippen molar-refractivity contribution in [3.63, 3.8) is 0 Å². The molecule has 120 valence electrons. The normalized spacial score (nSPS) is 10.1. The molecule has 0 saturated carbocycles. The van der Waals surface area contributed by atoms with Crippen LogP contribution in [-0.4, -0.2) is 19.0 Å². The highest BCUT2D eigenvalue weighted by molar-refractivity contribution is 7.14. The summed E-state index contributed by atoms with van der Waals surface area (Å²) < 4.78 is 13.0. The molecule has 6 heteroatoms. The SMILES string of the molecule is Cc1sc(C(=O)NCCCCN)cc1-c1ccc(F)cc1.Cl. The van der Waals surface area contributed by atoms with Gasteiger partial charge in [-0.3, -0.25) is 4.79 Å². The molecule has 2 rings (SSSR count). The number of rotatable bonds is 6. The van der Waals surface area contributed by atoms with E-state index in [0.29, 0.717) is 18.0 Å². The molecule has 0 aliphatic heterocycles. The van der Waals surface area contributed by atoms with Gasteiger partial charge in [-0.05, 0) is 55.6 Å². The van der Waals surface area contributed by atoms with E-state index < -0.39 is 0 Å². The maximum Gasteiger partial charge on any atom is 0.261 e. The van der Waals surface area contributed by atoms with Gasteiger partial charge in [-0.25, -0.2) is 4.39 Å². The van der Waals surface area contributed by atoms with Crippen LogP contribution in [0.3, 0.4) is 0 Å². The molecule has 22 heavy (non-hydrogen) atoms. The quantitative estimate of drug-likeness (QED) is 0.785. The minimum atomic E-state index is -0.260. The van der Waals surface area contributed by atoms with Gasteiger partial charge in [0.2, 0.25) is 0 Å². The lowest BCUT2D eigenvalue weighted by Crippen LogP contribution is -2.23. The van der Waals surface area contributed by atoms with E-state index in [9.17, 15) is 9.18 Å². The standard InChI is InChI=1S/C16H19FN2OS.ClH/c1-11-14(12-4-6-13(17)7-5-12)10-15(21-11)16(20)19-9-3-2-8-18;/h4-7,10H,2-3,8-9,18H2,1H3,(H,19,20);1H. The summed E-state index contributed by atoms with van der Waals surface area (Å²) in [6, 6.07) is 8.18. The Labute approximate surface area is 140 Å². The molecule has 0 aliphatic rings. The predicted molar refractivity (Wildman–Crippen MR) is 92.3 cm³/mol. The van der Waals surface area contributed by atoms with Crippen LogP contribution in [0.4, 0.5) is 4.39 Å². The van der Waals surface area contributed by atoms with Gasteiger partial charge in [-0.1, -0.05) is 12.1 Å². The van der Waals surface area contributed by atoms with E-state index in [2.05, 4.69) is 5.32 Å². The van der Waals surface area contributed by atoms with Gasteiger partial charge in [0.25, 0.3) is 5.91 Å². The Morgan fingerprint density at radius 1 is 1.27 bits per heavy atom. The van der Waals surface area contributed by atoms with Crippen LogP contribution in [0.2, 0.25) is 0 Å². The molecule has 0 radical (unpaired) electrons. The van der Waals surface area contributed by atoms with Crippen molar-refractivity contribution in [3.05, 3.63) is 45.9 Å². The first-order valence-electron chi connectivity index (χ1n) is 6.96. The van der Waals surface area contributed by atoms with E-state index in [-0.39, 0.29) is 24.1 Å². The molecule has 0 saturated heterocycles. The lowest BCUT2D eigenvalue weighted by atomic mass is 10.1. The number of hydrogen-bond acceptors (Lipinski definition) is 3. The molecule has 0 atom stereocenters. The molecule has 3 N–H and O–H groups in total. The van der Waals surface area contributed by atoms with Crippen LogP contribution in [0.25, 0.3) is 11.1 Å². The molecule has 0 bridgehead atoms. The second-order valence-electron chi connectivity index (χ2n) is 4.84. The fourth-order valence-corrected chi connectivity index (χ4v) is 3.03. The number of carbonyl (C=O) groups is 1. The zero-order valence-corrected chi connectivity index (χ0v) is 14.0. The van der Waals surface area contributed by atoms with Crippen molar-refractivity contribution < 1.29 is 9.18 Å². The third-order valence-corrected chi connectivity index (χ3v) is 4.26. The Bertz CT molecular complexity index is 613. The van der Waals surface area contributed by atoms with Gasteiger partial charge >= 0.3 is 0 Å². The Hall–Kier alpha value is -1.43. The monoisotopic (exact) mass is 342 g/mol. The molecule has 1 amide bonds. The van der Waals surface area contributed by atoms with Crippen LogP contribution in [-0.2, 0) is 0 Å². The Kier molecular flexibility index (Phi) is 7.51. The van der Waals surface area contributed by atoms with Crippen LogP contribution < -0.4 is 11.1 Å². The number of hydrogen-bond donors (Lipinski definition) is 2. The number of nitrogens with two attached hydrogens (primary N) is 1. The van der Waals surface area contributed by atoms with E-state index in [0.717, 1.165) is 28.8 Å². The van der Waals surface area contributed by atoms with E-state index in [4.69, 9.17) is 5.73 Å². The maximum absolute atomic E-state index is 13.0. The smallest absolute Gasteiger partial charge is 0.261 e. The molecule has 1 aromatic carbocycles. The average Bonchev–Trinajstić information content (AvgIpc) is 2.86. The van der Waals surface area contributed by atoms with Crippen LogP contribution in [0, 0.1) is 12.7 Å². The Morgan fingerprint density at radius 2 is 1.95 bits per heavy atom. The van der Waals surface area contributed by atoms with E-state index in [1.165, 1.54) is 23.5 Å². The number of nitrogens with one attached hydrogen (secondary N) is 1. The molecule has 3 nitrogen and oxygen atoms in total. The van der Waals surface area contributed by atoms with E-state index in [1.54, 1.807) is 12.1 Å². The lowest BCUT2D eigenvalue weighted by Gasteiger charge is -2.02. The van der Waals surface area contributed by atoms with Gasteiger partial charge in [-0.2, -0.15) is 0 Å². The first kappa shape index (κ1) is 18.6. The fourth-order valence-electron chi connectivity index (χ4n) is 2.07. The zero-order chi connectivity index (χ0) is 15.2. The van der Waals surface area contributed by atoms with Crippen LogP contribution >= 0.6 is 23.7 Å². The molecule has 1 heterocycles. The van der Waals surface area contributed by atoms with Crippen molar-refractivity contribution in [2.45, 2.75) is 19.8 Å².